The highest BCUT2D eigenvalue weighted by atomic mass is 16.2. The highest BCUT2D eigenvalue weighted by molar-refractivity contribution is 5.81. The standard InChI is InChI=1S/C7H13NO/c1-4-5(2)7(9)8-6(4)3/h4-6H,1-3H3,(H,8,9)/t4-,5+,6+/m1/s1. The van der Waals surface area contributed by atoms with Gasteiger partial charge in [-0.1, -0.05) is 13.8 Å². The van der Waals surface area contributed by atoms with E-state index < -0.39 is 0 Å². The third kappa shape index (κ3) is 0.934. The van der Waals surface area contributed by atoms with Crippen LogP contribution in [0.3, 0.4) is 0 Å². The molecule has 0 unspecified atom stereocenters. The van der Waals surface area contributed by atoms with Crippen molar-refractivity contribution in [3.63, 3.8) is 0 Å². The lowest BCUT2D eigenvalue weighted by Gasteiger charge is -2.08. The first kappa shape index (κ1) is 6.59. The van der Waals surface area contributed by atoms with Gasteiger partial charge in [0.25, 0.3) is 0 Å². The van der Waals surface area contributed by atoms with Gasteiger partial charge in [0.2, 0.25) is 5.91 Å². The van der Waals surface area contributed by atoms with Crippen LogP contribution in [0, 0.1) is 11.8 Å². The number of carbonyl (C=O) groups excluding carboxylic acids is 1. The molecule has 0 aromatic heterocycles. The van der Waals surface area contributed by atoms with Crippen LogP contribution in [0.25, 0.3) is 0 Å². The number of nitrogens with one attached hydrogen (secondary N) is 1. The first-order valence-corrected chi connectivity index (χ1v) is 3.43. The Labute approximate surface area is 55.6 Å². The van der Waals surface area contributed by atoms with Crippen LogP contribution >= 0.6 is 0 Å². The van der Waals surface area contributed by atoms with E-state index in [0.29, 0.717) is 12.0 Å². The third-order valence-electron chi connectivity index (χ3n) is 2.36. The first-order valence-electron chi connectivity index (χ1n) is 3.43. The van der Waals surface area contributed by atoms with Crippen molar-refractivity contribution < 1.29 is 4.79 Å². The normalized spacial score (nSPS) is 43.0. The molecule has 0 bridgehead atoms. The van der Waals surface area contributed by atoms with Gasteiger partial charge < -0.3 is 5.32 Å². The molecule has 0 radical (unpaired) electrons. The van der Waals surface area contributed by atoms with Gasteiger partial charge in [0.05, 0.1) is 0 Å². The molecule has 1 N–H and O–H groups in total. The Morgan fingerprint density at radius 2 is 1.89 bits per heavy atom. The van der Waals surface area contributed by atoms with E-state index in [-0.39, 0.29) is 11.8 Å². The van der Waals surface area contributed by atoms with Gasteiger partial charge in [-0.05, 0) is 12.8 Å². The number of rotatable bonds is 0. The number of hydrogen-bond acceptors (Lipinski definition) is 1. The quantitative estimate of drug-likeness (QED) is 0.512. The zero-order chi connectivity index (χ0) is 7.02. The van der Waals surface area contributed by atoms with Gasteiger partial charge in [-0.25, -0.2) is 0 Å². The lowest BCUT2D eigenvalue weighted by Crippen LogP contribution is -2.24. The van der Waals surface area contributed by atoms with Crippen molar-refractivity contribution in [2.45, 2.75) is 26.8 Å². The van der Waals surface area contributed by atoms with Crippen molar-refractivity contribution in [1.29, 1.82) is 0 Å². The number of carbonyl (C=O) groups is 1. The maximum absolute atomic E-state index is 10.9. The molecule has 3 atom stereocenters. The maximum atomic E-state index is 10.9. The molecule has 2 heteroatoms. The van der Waals surface area contributed by atoms with Crippen LogP contribution in [0.4, 0.5) is 0 Å². The molecule has 0 aromatic rings. The van der Waals surface area contributed by atoms with Crippen molar-refractivity contribution in [2.75, 3.05) is 0 Å². The predicted molar refractivity (Wildman–Crippen MR) is 35.9 cm³/mol. The highest BCUT2D eigenvalue weighted by Gasteiger charge is 2.32. The second kappa shape index (κ2) is 2.01. The van der Waals surface area contributed by atoms with Gasteiger partial charge in [0.15, 0.2) is 0 Å². The Bertz CT molecular complexity index is 133. The Kier molecular flexibility index (Phi) is 1.47. The monoisotopic (exact) mass is 127 g/mol. The van der Waals surface area contributed by atoms with Gasteiger partial charge in [0, 0.05) is 12.0 Å². The van der Waals surface area contributed by atoms with Crippen LogP contribution < -0.4 is 5.32 Å². The highest BCUT2D eigenvalue weighted by Crippen LogP contribution is 2.21. The summed E-state index contributed by atoms with van der Waals surface area (Å²) in [6.07, 6.45) is 0. The molecule has 2 nitrogen and oxygen atoms in total. The zero-order valence-corrected chi connectivity index (χ0v) is 6.14. The molecular formula is C7H13NO. The van der Waals surface area contributed by atoms with E-state index in [0.717, 1.165) is 0 Å². The average molecular weight is 127 g/mol. The molecule has 0 spiro atoms. The largest absolute Gasteiger partial charge is 0.353 e. The molecule has 1 saturated heterocycles. The lowest BCUT2D eigenvalue weighted by molar-refractivity contribution is -0.122. The minimum Gasteiger partial charge on any atom is -0.353 e. The molecule has 1 rings (SSSR count). The summed E-state index contributed by atoms with van der Waals surface area (Å²) in [7, 11) is 0. The van der Waals surface area contributed by atoms with Gasteiger partial charge in [-0.2, -0.15) is 0 Å². The smallest absolute Gasteiger partial charge is 0.223 e. The molecule has 1 heterocycles. The van der Waals surface area contributed by atoms with E-state index in [9.17, 15) is 4.79 Å². The number of hydrogen-bond donors (Lipinski definition) is 1. The zero-order valence-electron chi connectivity index (χ0n) is 6.14. The fourth-order valence-corrected chi connectivity index (χ4v) is 1.16. The lowest BCUT2D eigenvalue weighted by atomic mass is 9.95. The minimum atomic E-state index is 0.204. The fourth-order valence-electron chi connectivity index (χ4n) is 1.16. The van der Waals surface area contributed by atoms with Gasteiger partial charge in [-0.15, -0.1) is 0 Å². The van der Waals surface area contributed by atoms with Crippen molar-refractivity contribution in [1.82, 2.24) is 5.32 Å². The predicted octanol–water partition coefficient (Wildman–Crippen LogP) is 0.777. The molecule has 1 fully saturated rings. The topological polar surface area (TPSA) is 29.1 Å². The molecule has 9 heavy (non-hydrogen) atoms. The molecule has 1 aliphatic rings. The van der Waals surface area contributed by atoms with Gasteiger partial charge in [-0.3, -0.25) is 4.79 Å². The molecule has 1 aliphatic heterocycles. The van der Waals surface area contributed by atoms with Crippen molar-refractivity contribution in [3.05, 3.63) is 0 Å². The van der Waals surface area contributed by atoms with Crippen molar-refractivity contribution in [3.8, 4) is 0 Å². The molecule has 0 saturated carbocycles. The van der Waals surface area contributed by atoms with E-state index in [1.54, 1.807) is 0 Å². The Morgan fingerprint density at radius 3 is 2.00 bits per heavy atom. The van der Waals surface area contributed by atoms with Crippen molar-refractivity contribution in [2.24, 2.45) is 11.8 Å². The van der Waals surface area contributed by atoms with E-state index in [4.69, 9.17) is 0 Å². The van der Waals surface area contributed by atoms with Crippen LogP contribution in [0.15, 0.2) is 0 Å². The fraction of sp³-hybridized carbons (Fsp3) is 0.857. The summed E-state index contributed by atoms with van der Waals surface area (Å²) in [4.78, 5) is 10.9. The van der Waals surface area contributed by atoms with E-state index in [2.05, 4.69) is 12.2 Å². The summed E-state index contributed by atoms with van der Waals surface area (Å²) in [6, 6.07) is 0.368. The van der Waals surface area contributed by atoms with Crippen molar-refractivity contribution >= 4 is 5.91 Å². The SMILES string of the molecule is C[C@H]1[C@H](C)NC(=O)[C@H]1C. The van der Waals surface area contributed by atoms with Gasteiger partial charge >= 0.3 is 0 Å². The van der Waals surface area contributed by atoms with E-state index in [1.807, 2.05) is 13.8 Å². The summed E-state index contributed by atoms with van der Waals surface area (Å²) in [6.45, 7) is 6.13. The van der Waals surface area contributed by atoms with Crippen LogP contribution in [0.1, 0.15) is 20.8 Å². The molecule has 1 amide bonds. The average Bonchev–Trinajstić information content (AvgIpc) is 1.98. The van der Waals surface area contributed by atoms with E-state index in [1.165, 1.54) is 0 Å². The molecular weight excluding hydrogens is 114 g/mol. The Hall–Kier alpha value is -0.530. The molecule has 52 valence electrons. The second-order valence-electron chi connectivity index (χ2n) is 2.95. The van der Waals surface area contributed by atoms with Crippen LogP contribution in [0.5, 0.6) is 0 Å². The summed E-state index contributed by atoms with van der Waals surface area (Å²) in [5, 5.41) is 2.88. The molecule has 0 aromatic carbocycles. The summed E-state index contributed by atoms with van der Waals surface area (Å²) < 4.78 is 0. The maximum Gasteiger partial charge on any atom is 0.223 e. The van der Waals surface area contributed by atoms with Crippen LogP contribution in [-0.2, 0) is 4.79 Å². The summed E-state index contributed by atoms with van der Waals surface area (Å²) in [5.74, 6) is 0.910. The second-order valence-corrected chi connectivity index (χ2v) is 2.95. The Balaban J connectivity index is 2.65. The van der Waals surface area contributed by atoms with E-state index >= 15 is 0 Å². The number of amides is 1. The summed E-state index contributed by atoms with van der Waals surface area (Å²) in [5.41, 5.74) is 0. The molecule has 0 aliphatic carbocycles. The minimum absolute atomic E-state index is 0.204. The first-order chi connectivity index (χ1) is 4.13. The van der Waals surface area contributed by atoms with Gasteiger partial charge in [0.1, 0.15) is 0 Å². The third-order valence-corrected chi connectivity index (χ3v) is 2.36. The van der Waals surface area contributed by atoms with Crippen LogP contribution in [0.2, 0.25) is 0 Å². The summed E-state index contributed by atoms with van der Waals surface area (Å²) >= 11 is 0. The van der Waals surface area contributed by atoms with Crippen LogP contribution in [-0.4, -0.2) is 11.9 Å². The Morgan fingerprint density at radius 1 is 1.33 bits per heavy atom.